The molecule has 0 rings (SSSR count). The van der Waals surface area contributed by atoms with Crippen molar-refractivity contribution in [1.82, 2.24) is 0 Å². The first-order valence-electron chi connectivity index (χ1n) is 8.16. The van der Waals surface area contributed by atoms with Gasteiger partial charge in [-0.2, -0.15) is 11.8 Å². The minimum absolute atomic E-state index is 0.786. The minimum atomic E-state index is -1.51. The van der Waals surface area contributed by atoms with E-state index in [1.165, 1.54) is 36.4 Å². The second kappa shape index (κ2) is 9.64. The van der Waals surface area contributed by atoms with E-state index in [1.807, 2.05) is 0 Å². The lowest BCUT2D eigenvalue weighted by Crippen LogP contribution is -2.44. The quantitative estimate of drug-likeness (QED) is 0.446. The Balaban J connectivity index is 4.67. The molecule has 0 radical (unpaired) electrons. The van der Waals surface area contributed by atoms with Gasteiger partial charge in [-0.05, 0) is 32.2 Å². The van der Waals surface area contributed by atoms with Crippen molar-refractivity contribution in [3.05, 3.63) is 0 Å². The Bertz CT molecular complexity index is 222. The van der Waals surface area contributed by atoms with E-state index in [4.69, 9.17) is 4.43 Å². The Morgan fingerprint density at radius 2 is 1.47 bits per heavy atom. The summed E-state index contributed by atoms with van der Waals surface area (Å²) in [4.78, 5) is 0.786. The Morgan fingerprint density at radius 1 is 0.947 bits per heavy atom. The summed E-state index contributed by atoms with van der Waals surface area (Å²) >= 11 is 2.15. The molecule has 0 spiro atoms. The van der Waals surface area contributed by atoms with Gasteiger partial charge in [-0.1, -0.05) is 51.9 Å². The fourth-order valence-electron chi connectivity index (χ4n) is 3.02. The molecule has 0 aromatic rings. The van der Waals surface area contributed by atoms with Gasteiger partial charge in [0.05, 0.1) is 8.07 Å². The predicted octanol–water partition coefficient (Wildman–Crippen LogP) is 5.79. The van der Waals surface area contributed by atoms with Crippen LogP contribution >= 0.6 is 11.8 Å². The van der Waals surface area contributed by atoms with Crippen molar-refractivity contribution in [2.24, 2.45) is 0 Å². The summed E-state index contributed by atoms with van der Waals surface area (Å²) < 4.78 is 6.14. The fourth-order valence-corrected chi connectivity index (χ4v) is 11.7. The van der Waals surface area contributed by atoms with E-state index in [-0.39, 0.29) is 0 Å². The lowest BCUT2D eigenvalue weighted by Gasteiger charge is -2.35. The number of rotatable bonds is 11. The Morgan fingerprint density at radius 3 is 1.84 bits per heavy atom. The highest BCUT2D eigenvalue weighted by atomic mass is 32.2. The third-order valence-corrected chi connectivity index (χ3v) is 16.7. The second-order valence-electron chi connectivity index (χ2n) is 6.08. The molecule has 0 aliphatic heterocycles. The van der Waals surface area contributed by atoms with Crippen LogP contribution in [0.3, 0.4) is 0 Å². The number of thioether (sulfide) groups is 1. The molecular formula is C15H36OSSi2. The normalized spacial score (nSPS) is 14.7. The SMILES string of the molecule is CCO[Si](C)(C)C(CC[Si](CC)(CC)CC)SCC. The van der Waals surface area contributed by atoms with Crippen LogP contribution in [-0.2, 0) is 4.43 Å². The van der Waals surface area contributed by atoms with Crippen molar-refractivity contribution in [2.45, 2.75) is 83.2 Å². The lowest BCUT2D eigenvalue weighted by atomic mass is 10.6. The third-order valence-electron chi connectivity index (χ3n) is 4.85. The molecule has 19 heavy (non-hydrogen) atoms. The van der Waals surface area contributed by atoms with Crippen LogP contribution in [0.1, 0.15) is 41.0 Å². The highest BCUT2D eigenvalue weighted by Crippen LogP contribution is 2.33. The van der Waals surface area contributed by atoms with Gasteiger partial charge in [0.25, 0.3) is 0 Å². The molecule has 4 heteroatoms. The maximum atomic E-state index is 6.14. The van der Waals surface area contributed by atoms with Crippen LogP contribution < -0.4 is 0 Å². The van der Waals surface area contributed by atoms with Crippen molar-refractivity contribution < 1.29 is 4.43 Å². The third kappa shape index (κ3) is 6.36. The van der Waals surface area contributed by atoms with Crippen molar-refractivity contribution in [3.8, 4) is 0 Å². The molecule has 0 saturated carbocycles. The van der Waals surface area contributed by atoms with Gasteiger partial charge < -0.3 is 4.43 Å². The molecule has 1 nitrogen and oxygen atoms in total. The molecule has 0 aliphatic rings. The molecule has 0 aromatic carbocycles. The maximum absolute atomic E-state index is 6.14. The average molecular weight is 321 g/mol. The molecular weight excluding hydrogens is 284 g/mol. The molecule has 116 valence electrons. The molecule has 0 amide bonds. The molecule has 0 aliphatic carbocycles. The van der Waals surface area contributed by atoms with Crippen LogP contribution in [0.25, 0.3) is 0 Å². The topological polar surface area (TPSA) is 9.23 Å². The first-order chi connectivity index (χ1) is 8.91. The molecule has 0 saturated heterocycles. The maximum Gasteiger partial charge on any atom is 0.199 e. The van der Waals surface area contributed by atoms with Crippen LogP contribution in [0, 0.1) is 0 Å². The van der Waals surface area contributed by atoms with Crippen molar-refractivity contribution >= 4 is 28.2 Å². The predicted molar refractivity (Wildman–Crippen MR) is 97.6 cm³/mol. The summed E-state index contributed by atoms with van der Waals surface area (Å²) in [6, 6.07) is 5.89. The second-order valence-corrected chi connectivity index (χ2v) is 17.8. The standard InChI is InChI=1S/C15H36OSSi2/c1-8-16-18(6,7)15(17-9-2)13-14-19(10-3,11-4)12-5/h15H,8-14H2,1-7H3. The van der Waals surface area contributed by atoms with Gasteiger partial charge in [0, 0.05) is 11.5 Å². The molecule has 0 bridgehead atoms. The van der Waals surface area contributed by atoms with E-state index in [1.54, 1.807) is 0 Å². The van der Waals surface area contributed by atoms with Gasteiger partial charge in [0.1, 0.15) is 0 Å². The zero-order chi connectivity index (χ0) is 14.9. The molecule has 0 fully saturated rings. The van der Waals surface area contributed by atoms with Crippen molar-refractivity contribution in [1.29, 1.82) is 0 Å². The van der Waals surface area contributed by atoms with Crippen LogP contribution in [0.5, 0.6) is 0 Å². The van der Waals surface area contributed by atoms with Crippen LogP contribution in [-0.4, -0.2) is 33.6 Å². The van der Waals surface area contributed by atoms with E-state index in [9.17, 15) is 0 Å². The molecule has 0 N–H and O–H groups in total. The smallest absolute Gasteiger partial charge is 0.199 e. The van der Waals surface area contributed by atoms with E-state index >= 15 is 0 Å². The van der Waals surface area contributed by atoms with Gasteiger partial charge in [-0.15, -0.1) is 0 Å². The van der Waals surface area contributed by atoms with E-state index in [0.717, 1.165) is 11.5 Å². The summed E-state index contributed by atoms with van der Waals surface area (Å²) in [6.07, 6.45) is 1.40. The minimum Gasteiger partial charge on any atom is -0.417 e. The molecule has 0 heterocycles. The van der Waals surface area contributed by atoms with Crippen LogP contribution in [0.2, 0.25) is 37.3 Å². The summed E-state index contributed by atoms with van der Waals surface area (Å²) in [7, 11) is -2.46. The van der Waals surface area contributed by atoms with Crippen molar-refractivity contribution in [3.63, 3.8) is 0 Å². The summed E-state index contributed by atoms with van der Waals surface area (Å²) in [5.74, 6) is 1.23. The molecule has 1 unspecified atom stereocenters. The van der Waals surface area contributed by atoms with Gasteiger partial charge in [-0.3, -0.25) is 0 Å². The summed E-state index contributed by atoms with van der Waals surface area (Å²) in [5.41, 5.74) is 0. The molecule has 0 aromatic heterocycles. The zero-order valence-electron chi connectivity index (χ0n) is 14.3. The van der Waals surface area contributed by atoms with Gasteiger partial charge in [0.2, 0.25) is 0 Å². The van der Waals surface area contributed by atoms with E-state index in [0.29, 0.717) is 0 Å². The first kappa shape index (κ1) is 19.7. The fraction of sp³-hybridized carbons (Fsp3) is 1.00. The highest BCUT2D eigenvalue weighted by Gasteiger charge is 2.36. The zero-order valence-corrected chi connectivity index (χ0v) is 17.2. The Labute approximate surface area is 128 Å². The largest absolute Gasteiger partial charge is 0.417 e. The summed E-state index contributed by atoms with van der Waals surface area (Å²) in [5, 5.41) is 0. The first-order valence-corrected chi connectivity index (χ1v) is 15.0. The summed E-state index contributed by atoms with van der Waals surface area (Å²) in [6.45, 7) is 17.4. The highest BCUT2D eigenvalue weighted by molar-refractivity contribution is 8.01. The van der Waals surface area contributed by atoms with Gasteiger partial charge in [-0.25, -0.2) is 0 Å². The number of hydrogen-bond donors (Lipinski definition) is 0. The Hall–Kier alpha value is 0.744. The van der Waals surface area contributed by atoms with E-state index in [2.05, 4.69) is 59.5 Å². The van der Waals surface area contributed by atoms with Crippen LogP contribution in [0.4, 0.5) is 0 Å². The lowest BCUT2D eigenvalue weighted by molar-refractivity contribution is 0.327. The molecule has 1 atom stereocenters. The Kier molecular flexibility index (Phi) is 10.0. The monoisotopic (exact) mass is 320 g/mol. The van der Waals surface area contributed by atoms with E-state index < -0.39 is 16.4 Å². The number of hydrogen-bond acceptors (Lipinski definition) is 2. The van der Waals surface area contributed by atoms with Gasteiger partial charge in [0.15, 0.2) is 8.32 Å². The van der Waals surface area contributed by atoms with Gasteiger partial charge >= 0.3 is 0 Å². The van der Waals surface area contributed by atoms with Crippen molar-refractivity contribution in [2.75, 3.05) is 12.4 Å². The van der Waals surface area contributed by atoms with Crippen LogP contribution in [0.15, 0.2) is 0 Å². The average Bonchev–Trinajstić information content (AvgIpc) is 2.39.